The predicted octanol–water partition coefficient (Wildman–Crippen LogP) is 3.67. The monoisotopic (exact) mass is 296 g/mol. The Morgan fingerprint density at radius 2 is 1.86 bits per heavy atom. The van der Waals surface area contributed by atoms with Gasteiger partial charge in [0.15, 0.2) is 5.82 Å². The van der Waals surface area contributed by atoms with E-state index in [1.807, 2.05) is 20.8 Å². The predicted molar refractivity (Wildman–Crippen MR) is 81.0 cm³/mol. The molecule has 120 valence electrons. The van der Waals surface area contributed by atoms with Gasteiger partial charge in [-0.25, -0.2) is 0 Å². The molecule has 0 aliphatic rings. The van der Waals surface area contributed by atoms with Gasteiger partial charge in [0.05, 0.1) is 6.61 Å². The quantitative estimate of drug-likeness (QED) is 0.749. The van der Waals surface area contributed by atoms with E-state index in [0.717, 1.165) is 6.42 Å². The van der Waals surface area contributed by atoms with E-state index in [9.17, 15) is 4.79 Å². The number of rotatable bonds is 6. The van der Waals surface area contributed by atoms with Crippen LogP contribution in [0.15, 0.2) is 4.52 Å². The molecule has 1 aromatic rings. The van der Waals surface area contributed by atoms with E-state index >= 15 is 0 Å². The lowest BCUT2D eigenvalue weighted by molar-refractivity contribution is -0.144. The van der Waals surface area contributed by atoms with E-state index in [4.69, 9.17) is 9.26 Å². The van der Waals surface area contributed by atoms with E-state index in [-0.39, 0.29) is 16.8 Å². The Bertz CT molecular complexity index is 453. The Balaban J connectivity index is 2.24. The fraction of sp³-hybridized carbons (Fsp3) is 0.812. The third-order valence-corrected chi connectivity index (χ3v) is 3.03. The Morgan fingerprint density at radius 3 is 2.38 bits per heavy atom. The second-order valence-corrected chi connectivity index (χ2v) is 7.65. The van der Waals surface area contributed by atoms with Crippen molar-refractivity contribution in [3.05, 3.63) is 11.7 Å². The van der Waals surface area contributed by atoms with Crippen LogP contribution in [0.25, 0.3) is 0 Å². The van der Waals surface area contributed by atoms with Crippen molar-refractivity contribution in [1.29, 1.82) is 0 Å². The Labute approximate surface area is 127 Å². The molecule has 0 unspecified atom stereocenters. The van der Waals surface area contributed by atoms with Crippen LogP contribution >= 0.6 is 0 Å². The molecule has 1 aromatic heterocycles. The van der Waals surface area contributed by atoms with Crippen molar-refractivity contribution in [3.63, 3.8) is 0 Å². The number of ether oxygens (including phenoxy) is 1. The molecule has 0 amide bonds. The third kappa shape index (κ3) is 7.25. The van der Waals surface area contributed by atoms with Crippen molar-refractivity contribution < 1.29 is 14.1 Å². The van der Waals surface area contributed by atoms with E-state index in [2.05, 4.69) is 30.9 Å². The average molecular weight is 296 g/mol. The molecule has 0 N–H and O–H groups in total. The van der Waals surface area contributed by atoms with Crippen LogP contribution in [-0.4, -0.2) is 22.7 Å². The molecule has 0 aromatic carbocycles. The fourth-order valence-corrected chi connectivity index (χ4v) is 1.59. The SMILES string of the molecule is CC(C)(C)CCOC(=O)CCCc1nc(C(C)(C)C)no1. The Kier molecular flexibility index (Phi) is 5.93. The Hall–Kier alpha value is -1.39. The molecule has 5 nitrogen and oxygen atoms in total. The number of hydrogen-bond acceptors (Lipinski definition) is 5. The standard InChI is InChI=1S/C16H28N2O3/c1-15(2,3)10-11-20-13(19)9-7-8-12-17-14(18-21-12)16(4,5)6/h7-11H2,1-6H3. The summed E-state index contributed by atoms with van der Waals surface area (Å²) in [4.78, 5) is 15.9. The molecule has 0 atom stereocenters. The summed E-state index contributed by atoms with van der Waals surface area (Å²) in [5.41, 5.74) is 0.0705. The van der Waals surface area contributed by atoms with Crippen LogP contribution in [0.4, 0.5) is 0 Å². The zero-order chi connectivity index (χ0) is 16.1. The maximum absolute atomic E-state index is 11.6. The van der Waals surface area contributed by atoms with Gasteiger partial charge in [0.2, 0.25) is 5.89 Å². The lowest BCUT2D eigenvalue weighted by atomic mass is 9.93. The third-order valence-electron chi connectivity index (χ3n) is 3.03. The summed E-state index contributed by atoms with van der Waals surface area (Å²) in [6, 6.07) is 0. The maximum Gasteiger partial charge on any atom is 0.305 e. The molecule has 0 saturated carbocycles. The first-order valence-corrected chi connectivity index (χ1v) is 7.57. The van der Waals surface area contributed by atoms with E-state index in [0.29, 0.717) is 37.6 Å². The van der Waals surface area contributed by atoms with Gasteiger partial charge in [-0.05, 0) is 18.3 Å². The zero-order valence-corrected chi connectivity index (χ0v) is 14.2. The number of esters is 1. The smallest absolute Gasteiger partial charge is 0.305 e. The minimum absolute atomic E-state index is 0.117. The number of aromatic nitrogens is 2. The highest BCUT2D eigenvalue weighted by atomic mass is 16.5. The Morgan fingerprint density at radius 1 is 1.19 bits per heavy atom. The molecular weight excluding hydrogens is 268 g/mol. The average Bonchev–Trinajstić information content (AvgIpc) is 2.75. The van der Waals surface area contributed by atoms with Gasteiger partial charge in [0.1, 0.15) is 0 Å². The van der Waals surface area contributed by atoms with Crippen LogP contribution in [0, 0.1) is 5.41 Å². The van der Waals surface area contributed by atoms with Crippen LogP contribution in [0.2, 0.25) is 0 Å². The number of carbonyl (C=O) groups excluding carboxylic acids is 1. The van der Waals surface area contributed by atoms with Crippen LogP contribution in [0.5, 0.6) is 0 Å². The molecule has 0 bridgehead atoms. The van der Waals surface area contributed by atoms with Gasteiger partial charge in [-0.2, -0.15) is 4.98 Å². The van der Waals surface area contributed by atoms with Gasteiger partial charge in [0, 0.05) is 18.3 Å². The summed E-state index contributed by atoms with van der Waals surface area (Å²) in [5.74, 6) is 1.13. The summed E-state index contributed by atoms with van der Waals surface area (Å²) in [6.07, 6.45) is 2.53. The molecule has 0 spiro atoms. The highest BCUT2D eigenvalue weighted by Crippen LogP contribution is 2.19. The molecule has 1 heterocycles. The maximum atomic E-state index is 11.6. The number of nitrogens with zero attached hydrogens (tertiary/aromatic N) is 2. The highest BCUT2D eigenvalue weighted by Gasteiger charge is 2.20. The molecular formula is C16H28N2O3. The normalized spacial score (nSPS) is 12.5. The van der Waals surface area contributed by atoms with Crippen molar-refractivity contribution in [2.24, 2.45) is 5.41 Å². The largest absolute Gasteiger partial charge is 0.466 e. The first kappa shape index (κ1) is 17.7. The minimum Gasteiger partial charge on any atom is -0.466 e. The van der Waals surface area contributed by atoms with Crippen molar-refractivity contribution >= 4 is 5.97 Å². The molecule has 0 fully saturated rings. The highest BCUT2D eigenvalue weighted by molar-refractivity contribution is 5.69. The molecule has 0 aliphatic heterocycles. The second kappa shape index (κ2) is 7.05. The van der Waals surface area contributed by atoms with Gasteiger partial charge in [-0.15, -0.1) is 0 Å². The summed E-state index contributed by atoms with van der Waals surface area (Å²) >= 11 is 0. The van der Waals surface area contributed by atoms with Crippen LogP contribution in [0.1, 0.15) is 72.5 Å². The lowest BCUT2D eigenvalue weighted by Crippen LogP contribution is -2.13. The van der Waals surface area contributed by atoms with Crippen molar-refractivity contribution in [2.75, 3.05) is 6.61 Å². The summed E-state index contributed by atoms with van der Waals surface area (Å²) in [6.45, 7) is 13.0. The lowest BCUT2D eigenvalue weighted by Gasteiger charge is -2.17. The van der Waals surface area contributed by atoms with Crippen LogP contribution < -0.4 is 0 Å². The molecule has 0 aliphatic carbocycles. The van der Waals surface area contributed by atoms with Gasteiger partial charge >= 0.3 is 5.97 Å². The van der Waals surface area contributed by atoms with E-state index in [1.54, 1.807) is 0 Å². The molecule has 1 rings (SSSR count). The summed E-state index contributed by atoms with van der Waals surface area (Å²) in [7, 11) is 0. The van der Waals surface area contributed by atoms with Gasteiger partial charge < -0.3 is 9.26 Å². The fourth-order valence-electron chi connectivity index (χ4n) is 1.59. The molecule has 5 heteroatoms. The first-order chi connectivity index (χ1) is 9.58. The van der Waals surface area contributed by atoms with Gasteiger partial charge in [-0.1, -0.05) is 46.7 Å². The first-order valence-electron chi connectivity index (χ1n) is 7.57. The van der Waals surface area contributed by atoms with Crippen molar-refractivity contribution in [3.8, 4) is 0 Å². The second-order valence-electron chi connectivity index (χ2n) is 7.65. The van der Waals surface area contributed by atoms with E-state index in [1.165, 1.54) is 0 Å². The number of carbonyl (C=O) groups is 1. The number of aryl methyl sites for hydroxylation is 1. The topological polar surface area (TPSA) is 65.2 Å². The molecule has 21 heavy (non-hydrogen) atoms. The summed E-state index contributed by atoms with van der Waals surface area (Å²) < 4.78 is 10.4. The van der Waals surface area contributed by atoms with E-state index < -0.39 is 0 Å². The van der Waals surface area contributed by atoms with Gasteiger partial charge in [-0.3, -0.25) is 4.79 Å². The van der Waals surface area contributed by atoms with Crippen molar-refractivity contribution in [1.82, 2.24) is 10.1 Å². The zero-order valence-electron chi connectivity index (χ0n) is 14.2. The number of hydrogen-bond donors (Lipinski definition) is 0. The molecule has 0 radical (unpaired) electrons. The summed E-state index contributed by atoms with van der Waals surface area (Å²) in [5, 5.41) is 3.96. The van der Waals surface area contributed by atoms with Crippen LogP contribution in [0.3, 0.4) is 0 Å². The van der Waals surface area contributed by atoms with Gasteiger partial charge in [0.25, 0.3) is 0 Å². The van der Waals surface area contributed by atoms with Crippen LogP contribution in [-0.2, 0) is 21.4 Å². The minimum atomic E-state index is -0.158. The molecule has 0 saturated heterocycles. The van der Waals surface area contributed by atoms with Crippen molar-refractivity contribution in [2.45, 2.75) is 72.6 Å².